The lowest BCUT2D eigenvalue weighted by Gasteiger charge is -2.33. The van der Waals surface area contributed by atoms with Gasteiger partial charge < -0.3 is 15.0 Å². The van der Waals surface area contributed by atoms with Gasteiger partial charge in [0.25, 0.3) is 0 Å². The minimum absolute atomic E-state index is 0.191. The summed E-state index contributed by atoms with van der Waals surface area (Å²) in [6.07, 6.45) is 3.21. The molecule has 0 saturated carbocycles. The van der Waals surface area contributed by atoms with E-state index in [-0.39, 0.29) is 17.9 Å². The number of likely N-dealkylation sites (tertiary alicyclic amines) is 1. The zero-order chi connectivity index (χ0) is 17.0. The SMILES string of the molecule is Cc1cc(NC(=O)N2CCC[C@H](C(=O)OC(C)(C)C)C2)ccn1. The molecule has 6 heteroatoms. The van der Waals surface area contributed by atoms with Crippen LogP contribution in [0.15, 0.2) is 18.3 Å². The third kappa shape index (κ3) is 5.23. The molecule has 23 heavy (non-hydrogen) atoms. The summed E-state index contributed by atoms with van der Waals surface area (Å²) in [6, 6.07) is 3.37. The molecular formula is C17H25N3O3. The third-order valence-corrected chi connectivity index (χ3v) is 3.60. The van der Waals surface area contributed by atoms with E-state index in [1.54, 1.807) is 17.2 Å². The van der Waals surface area contributed by atoms with Gasteiger partial charge in [0.05, 0.1) is 5.92 Å². The lowest BCUT2D eigenvalue weighted by Crippen LogP contribution is -2.45. The number of nitrogens with one attached hydrogen (secondary N) is 1. The van der Waals surface area contributed by atoms with Gasteiger partial charge in [-0.1, -0.05) is 0 Å². The van der Waals surface area contributed by atoms with Crippen molar-refractivity contribution in [2.24, 2.45) is 5.92 Å². The lowest BCUT2D eigenvalue weighted by atomic mass is 9.98. The maximum absolute atomic E-state index is 12.4. The summed E-state index contributed by atoms with van der Waals surface area (Å²) in [5.41, 5.74) is 1.05. The summed E-state index contributed by atoms with van der Waals surface area (Å²) in [4.78, 5) is 30.3. The fourth-order valence-corrected chi connectivity index (χ4v) is 2.56. The van der Waals surface area contributed by atoms with Crippen LogP contribution in [0.5, 0.6) is 0 Å². The highest BCUT2D eigenvalue weighted by molar-refractivity contribution is 5.89. The molecule has 1 aromatic heterocycles. The molecule has 2 rings (SSSR count). The molecule has 126 valence electrons. The number of carbonyl (C=O) groups is 2. The molecule has 0 spiro atoms. The molecule has 2 amide bonds. The van der Waals surface area contributed by atoms with E-state index in [9.17, 15) is 9.59 Å². The van der Waals surface area contributed by atoms with E-state index in [4.69, 9.17) is 4.74 Å². The van der Waals surface area contributed by atoms with Crippen molar-refractivity contribution in [1.82, 2.24) is 9.88 Å². The Bertz CT molecular complexity index is 581. The molecule has 0 radical (unpaired) electrons. The van der Waals surface area contributed by atoms with E-state index in [1.165, 1.54) is 0 Å². The number of hydrogen-bond donors (Lipinski definition) is 1. The minimum Gasteiger partial charge on any atom is -0.460 e. The number of ether oxygens (including phenoxy) is 1. The van der Waals surface area contributed by atoms with Crippen LogP contribution in [0.2, 0.25) is 0 Å². The number of nitrogens with zero attached hydrogens (tertiary/aromatic N) is 2. The zero-order valence-corrected chi connectivity index (χ0v) is 14.3. The minimum atomic E-state index is -0.504. The van der Waals surface area contributed by atoms with Crippen molar-refractivity contribution in [2.75, 3.05) is 18.4 Å². The average Bonchev–Trinajstić information content (AvgIpc) is 2.45. The Hall–Kier alpha value is -2.11. The van der Waals surface area contributed by atoms with Gasteiger partial charge in [0.15, 0.2) is 0 Å². The molecule has 1 aromatic rings. The number of rotatable bonds is 2. The normalized spacial score (nSPS) is 18.4. The van der Waals surface area contributed by atoms with E-state index in [2.05, 4.69) is 10.3 Å². The fourth-order valence-electron chi connectivity index (χ4n) is 2.56. The van der Waals surface area contributed by atoms with Crippen molar-refractivity contribution >= 4 is 17.7 Å². The maximum Gasteiger partial charge on any atom is 0.321 e. The van der Waals surface area contributed by atoms with Gasteiger partial charge in [0.2, 0.25) is 0 Å². The van der Waals surface area contributed by atoms with Crippen LogP contribution in [0, 0.1) is 12.8 Å². The third-order valence-electron chi connectivity index (χ3n) is 3.60. The predicted octanol–water partition coefficient (Wildman–Crippen LogP) is 2.98. The van der Waals surface area contributed by atoms with Crippen LogP contribution in [0.25, 0.3) is 0 Å². The molecule has 0 aliphatic carbocycles. The summed E-state index contributed by atoms with van der Waals surface area (Å²) >= 11 is 0. The largest absolute Gasteiger partial charge is 0.460 e. The van der Waals surface area contributed by atoms with Gasteiger partial charge >= 0.3 is 12.0 Å². The molecule has 1 saturated heterocycles. The number of carbonyl (C=O) groups excluding carboxylic acids is 2. The van der Waals surface area contributed by atoms with Gasteiger partial charge in [0.1, 0.15) is 5.60 Å². The first kappa shape index (κ1) is 17.2. The monoisotopic (exact) mass is 319 g/mol. The van der Waals surface area contributed by atoms with Crippen molar-refractivity contribution in [2.45, 2.75) is 46.1 Å². The van der Waals surface area contributed by atoms with Gasteiger partial charge in [-0.05, 0) is 52.7 Å². The first-order valence-electron chi connectivity index (χ1n) is 7.96. The van der Waals surface area contributed by atoms with E-state index >= 15 is 0 Å². The number of anilines is 1. The number of pyridine rings is 1. The van der Waals surface area contributed by atoms with Crippen molar-refractivity contribution in [3.05, 3.63) is 24.0 Å². The molecule has 1 N–H and O–H groups in total. The van der Waals surface area contributed by atoms with E-state index in [0.29, 0.717) is 18.8 Å². The second-order valence-electron chi connectivity index (χ2n) is 6.93. The molecule has 2 heterocycles. The molecule has 1 aliphatic rings. The van der Waals surface area contributed by atoms with Crippen molar-refractivity contribution in [3.63, 3.8) is 0 Å². The first-order valence-corrected chi connectivity index (χ1v) is 7.96. The number of urea groups is 1. The fraction of sp³-hybridized carbons (Fsp3) is 0.588. The second kappa shape index (κ2) is 6.98. The standard InChI is InChI=1S/C17H25N3O3/c1-12-10-14(7-8-18-12)19-16(22)20-9-5-6-13(11-20)15(21)23-17(2,3)4/h7-8,10,13H,5-6,9,11H2,1-4H3,(H,18,19,22)/t13-/m0/s1. The van der Waals surface area contributed by atoms with Crippen LogP contribution in [-0.2, 0) is 9.53 Å². The highest BCUT2D eigenvalue weighted by Crippen LogP contribution is 2.21. The van der Waals surface area contributed by atoms with Crippen molar-refractivity contribution in [1.29, 1.82) is 0 Å². The number of aromatic nitrogens is 1. The number of hydrogen-bond acceptors (Lipinski definition) is 4. The average molecular weight is 319 g/mol. The van der Waals surface area contributed by atoms with Crippen LogP contribution in [0.1, 0.15) is 39.3 Å². The summed E-state index contributed by atoms with van der Waals surface area (Å²) in [7, 11) is 0. The molecule has 6 nitrogen and oxygen atoms in total. The smallest absolute Gasteiger partial charge is 0.321 e. The predicted molar refractivity (Wildman–Crippen MR) is 88.1 cm³/mol. The Morgan fingerprint density at radius 1 is 1.39 bits per heavy atom. The molecule has 1 fully saturated rings. The first-order chi connectivity index (χ1) is 10.7. The Morgan fingerprint density at radius 3 is 2.78 bits per heavy atom. The van der Waals surface area contributed by atoms with E-state index in [0.717, 1.165) is 18.5 Å². The Labute approximate surface area is 137 Å². The van der Waals surface area contributed by atoms with Gasteiger partial charge in [-0.25, -0.2) is 4.79 Å². The summed E-state index contributed by atoms with van der Waals surface area (Å²) in [5.74, 6) is -0.484. The highest BCUT2D eigenvalue weighted by Gasteiger charge is 2.31. The van der Waals surface area contributed by atoms with Gasteiger partial charge in [-0.15, -0.1) is 0 Å². The second-order valence-corrected chi connectivity index (χ2v) is 6.93. The maximum atomic E-state index is 12.4. The van der Waals surface area contributed by atoms with Crippen molar-refractivity contribution < 1.29 is 14.3 Å². The molecule has 1 atom stereocenters. The summed E-state index contributed by atoms with van der Waals surface area (Å²) in [6.45, 7) is 8.47. The number of amides is 2. The van der Waals surface area contributed by atoms with Crippen LogP contribution >= 0.6 is 0 Å². The van der Waals surface area contributed by atoms with E-state index in [1.807, 2.05) is 33.8 Å². The lowest BCUT2D eigenvalue weighted by molar-refractivity contribution is -0.161. The van der Waals surface area contributed by atoms with E-state index < -0.39 is 5.60 Å². The van der Waals surface area contributed by atoms with Gasteiger partial charge in [-0.3, -0.25) is 9.78 Å². The summed E-state index contributed by atoms with van der Waals surface area (Å²) in [5, 5.41) is 2.86. The van der Waals surface area contributed by atoms with Gasteiger partial charge in [0, 0.05) is 30.7 Å². The zero-order valence-electron chi connectivity index (χ0n) is 14.3. The Kier molecular flexibility index (Phi) is 5.23. The molecular weight excluding hydrogens is 294 g/mol. The van der Waals surface area contributed by atoms with Gasteiger partial charge in [-0.2, -0.15) is 0 Å². The summed E-state index contributed by atoms with van der Waals surface area (Å²) < 4.78 is 5.43. The van der Waals surface area contributed by atoms with Crippen molar-refractivity contribution in [3.8, 4) is 0 Å². The van der Waals surface area contributed by atoms with Crippen LogP contribution in [-0.4, -0.2) is 40.6 Å². The highest BCUT2D eigenvalue weighted by atomic mass is 16.6. The molecule has 0 bridgehead atoms. The number of piperidine rings is 1. The molecule has 0 unspecified atom stereocenters. The quantitative estimate of drug-likeness (QED) is 0.851. The van der Waals surface area contributed by atoms with Crippen LogP contribution in [0.4, 0.5) is 10.5 Å². The van der Waals surface area contributed by atoms with Crippen LogP contribution < -0.4 is 5.32 Å². The number of esters is 1. The van der Waals surface area contributed by atoms with Crippen LogP contribution in [0.3, 0.4) is 0 Å². The number of aryl methyl sites for hydroxylation is 1. The molecule has 1 aliphatic heterocycles. The molecule has 0 aromatic carbocycles. The Morgan fingerprint density at radius 2 is 2.13 bits per heavy atom. The topological polar surface area (TPSA) is 71.5 Å². The Balaban J connectivity index is 1.95.